The molecular weight excluding hydrogens is 486 g/mol. The number of para-hydroxylation sites is 2. The van der Waals surface area contributed by atoms with Gasteiger partial charge in [0, 0.05) is 33.3 Å². The van der Waals surface area contributed by atoms with Crippen LogP contribution in [0.1, 0.15) is 22.3 Å². The number of phenols is 1. The first-order valence-corrected chi connectivity index (χ1v) is 12.2. The quantitative estimate of drug-likeness (QED) is 0.306. The summed E-state index contributed by atoms with van der Waals surface area (Å²) in [6.07, 6.45) is 2.00. The molecule has 4 aromatic rings. The van der Waals surface area contributed by atoms with Crippen molar-refractivity contribution >= 4 is 34.8 Å². The molecule has 2 aromatic heterocycles. The molecule has 0 aliphatic carbocycles. The fourth-order valence-electron chi connectivity index (χ4n) is 4.44. The van der Waals surface area contributed by atoms with Crippen molar-refractivity contribution < 1.29 is 19.4 Å². The van der Waals surface area contributed by atoms with E-state index in [4.69, 9.17) is 4.74 Å². The van der Waals surface area contributed by atoms with E-state index in [9.17, 15) is 14.7 Å². The molecule has 1 saturated heterocycles. The fourth-order valence-corrected chi connectivity index (χ4v) is 4.44. The number of likely N-dealkylation sites (tertiary alicyclic amines) is 1. The second-order valence-electron chi connectivity index (χ2n) is 9.21. The standard InChI is InChI=1S/C27H29N7O4/c1-32-13-12-21(27(32)37)30-26(36)19-15-28-34-24(33(2)16-17-8-10-18(38-3)11-9-17)14-23(31-25(19)34)29-20-6-4-5-7-22(20)35/h4-11,14-15,21,35H,12-13,16H2,1-3H3,(H,29,31)(H,30,36). The Labute approximate surface area is 219 Å². The van der Waals surface area contributed by atoms with E-state index in [1.807, 2.05) is 36.2 Å². The van der Waals surface area contributed by atoms with Crippen LogP contribution in [0.15, 0.2) is 60.8 Å². The number of ether oxygens (including phenoxy) is 1. The van der Waals surface area contributed by atoms with Gasteiger partial charge in [-0.15, -0.1) is 0 Å². The molecule has 0 bridgehead atoms. The third kappa shape index (κ3) is 4.90. The molecule has 3 N–H and O–H groups in total. The molecule has 1 atom stereocenters. The monoisotopic (exact) mass is 515 g/mol. The minimum Gasteiger partial charge on any atom is -0.506 e. The normalized spacial score (nSPS) is 15.1. The number of benzene rings is 2. The van der Waals surface area contributed by atoms with Crippen molar-refractivity contribution in [2.75, 3.05) is 38.0 Å². The highest BCUT2D eigenvalue weighted by molar-refractivity contribution is 6.02. The summed E-state index contributed by atoms with van der Waals surface area (Å²) >= 11 is 0. The number of likely N-dealkylation sites (N-methyl/N-ethyl adjacent to an activating group) is 1. The molecule has 0 radical (unpaired) electrons. The molecule has 11 heteroatoms. The molecule has 1 fully saturated rings. The van der Waals surface area contributed by atoms with Crippen molar-refractivity contribution in [1.29, 1.82) is 0 Å². The summed E-state index contributed by atoms with van der Waals surface area (Å²) in [7, 11) is 5.25. The number of nitrogens with zero attached hydrogens (tertiary/aromatic N) is 5. The number of fused-ring (bicyclic) bond motifs is 1. The minimum absolute atomic E-state index is 0.0673. The van der Waals surface area contributed by atoms with Crippen molar-refractivity contribution in [3.05, 3.63) is 71.9 Å². The molecule has 3 heterocycles. The maximum Gasteiger partial charge on any atom is 0.257 e. The largest absolute Gasteiger partial charge is 0.506 e. The van der Waals surface area contributed by atoms with Gasteiger partial charge in [-0.2, -0.15) is 9.61 Å². The summed E-state index contributed by atoms with van der Waals surface area (Å²) in [6, 6.07) is 15.8. The van der Waals surface area contributed by atoms with Crippen molar-refractivity contribution in [2.24, 2.45) is 0 Å². The van der Waals surface area contributed by atoms with Gasteiger partial charge in [0.25, 0.3) is 5.91 Å². The van der Waals surface area contributed by atoms with E-state index in [-0.39, 0.29) is 17.2 Å². The van der Waals surface area contributed by atoms with E-state index >= 15 is 0 Å². The van der Waals surface area contributed by atoms with E-state index in [2.05, 4.69) is 20.7 Å². The van der Waals surface area contributed by atoms with Crippen LogP contribution in [0.5, 0.6) is 11.5 Å². The summed E-state index contributed by atoms with van der Waals surface area (Å²) in [5.41, 5.74) is 2.08. The van der Waals surface area contributed by atoms with Crippen molar-refractivity contribution in [1.82, 2.24) is 24.8 Å². The van der Waals surface area contributed by atoms with E-state index < -0.39 is 11.9 Å². The second kappa shape index (κ2) is 10.3. The number of rotatable bonds is 8. The van der Waals surface area contributed by atoms with Crippen molar-refractivity contribution in [3.63, 3.8) is 0 Å². The van der Waals surface area contributed by atoms with Crippen LogP contribution in [0, 0.1) is 0 Å². The lowest BCUT2D eigenvalue weighted by Crippen LogP contribution is -2.40. The first kappa shape index (κ1) is 24.9. The Hall–Kier alpha value is -4.80. The Morgan fingerprint density at radius 3 is 2.66 bits per heavy atom. The van der Waals surface area contributed by atoms with E-state index in [1.54, 1.807) is 53.9 Å². The van der Waals surface area contributed by atoms with Gasteiger partial charge in [-0.05, 0) is 36.2 Å². The Morgan fingerprint density at radius 1 is 1.21 bits per heavy atom. The van der Waals surface area contributed by atoms with Gasteiger partial charge >= 0.3 is 0 Å². The maximum absolute atomic E-state index is 13.2. The number of amides is 2. The number of anilines is 3. The summed E-state index contributed by atoms with van der Waals surface area (Å²) in [5.74, 6) is 1.37. The van der Waals surface area contributed by atoms with Gasteiger partial charge in [-0.3, -0.25) is 9.59 Å². The number of phenolic OH excluding ortho intramolecular Hbond substituents is 1. The van der Waals surface area contributed by atoms with Crippen LogP contribution < -0.4 is 20.3 Å². The van der Waals surface area contributed by atoms with Crippen molar-refractivity contribution in [2.45, 2.75) is 19.0 Å². The molecule has 5 rings (SSSR count). The van der Waals surface area contributed by atoms with Gasteiger partial charge in [-0.25, -0.2) is 4.98 Å². The minimum atomic E-state index is -0.581. The van der Waals surface area contributed by atoms with Crippen molar-refractivity contribution in [3.8, 4) is 11.5 Å². The molecule has 1 aliphatic rings. The summed E-state index contributed by atoms with van der Waals surface area (Å²) in [5, 5.41) is 20.7. The third-order valence-electron chi connectivity index (χ3n) is 6.57. The lowest BCUT2D eigenvalue weighted by Gasteiger charge is -2.21. The highest BCUT2D eigenvalue weighted by Gasteiger charge is 2.31. The molecule has 196 valence electrons. The lowest BCUT2D eigenvalue weighted by atomic mass is 10.2. The average Bonchev–Trinajstić information content (AvgIpc) is 3.48. The highest BCUT2D eigenvalue weighted by atomic mass is 16.5. The van der Waals surface area contributed by atoms with Gasteiger partial charge in [0.1, 0.15) is 34.7 Å². The molecule has 1 aliphatic heterocycles. The first-order chi connectivity index (χ1) is 18.3. The Balaban J connectivity index is 1.51. The van der Waals surface area contributed by atoms with Gasteiger partial charge in [-0.1, -0.05) is 24.3 Å². The highest BCUT2D eigenvalue weighted by Crippen LogP contribution is 2.29. The molecule has 11 nitrogen and oxygen atoms in total. The van der Waals surface area contributed by atoms with Gasteiger partial charge < -0.3 is 30.3 Å². The molecule has 1 unspecified atom stereocenters. The van der Waals surface area contributed by atoms with E-state index in [0.29, 0.717) is 42.5 Å². The Kier molecular flexibility index (Phi) is 6.73. The van der Waals surface area contributed by atoms with Crippen LogP contribution in [-0.4, -0.2) is 70.2 Å². The predicted octanol–water partition coefficient (Wildman–Crippen LogP) is 2.78. The lowest BCUT2D eigenvalue weighted by molar-refractivity contribution is -0.128. The predicted molar refractivity (Wildman–Crippen MR) is 143 cm³/mol. The van der Waals surface area contributed by atoms with E-state index in [0.717, 1.165) is 11.3 Å². The number of aromatic nitrogens is 3. The smallest absolute Gasteiger partial charge is 0.257 e. The summed E-state index contributed by atoms with van der Waals surface area (Å²) in [6.45, 7) is 1.13. The molecule has 0 spiro atoms. The zero-order valence-corrected chi connectivity index (χ0v) is 21.4. The second-order valence-corrected chi connectivity index (χ2v) is 9.21. The summed E-state index contributed by atoms with van der Waals surface area (Å²) in [4.78, 5) is 33.8. The van der Waals surface area contributed by atoms with Crippen LogP contribution in [0.4, 0.5) is 17.3 Å². The van der Waals surface area contributed by atoms with Crippen LogP contribution in [-0.2, 0) is 11.3 Å². The SMILES string of the molecule is COc1ccc(CN(C)c2cc(Nc3ccccc3O)nc3c(C(=O)NC4CCN(C)C4=O)cnn23)cc1. The molecular formula is C27H29N7O4. The first-order valence-electron chi connectivity index (χ1n) is 12.2. The Morgan fingerprint density at radius 2 is 1.97 bits per heavy atom. The van der Waals surface area contributed by atoms with Crippen LogP contribution in [0.3, 0.4) is 0 Å². The fraction of sp³-hybridized carbons (Fsp3) is 0.259. The molecule has 2 amide bonds. The van der Waals surface area contributed by atoms with E-state index in [1.165, 1.54) is 6.20 Å². The van der Waals surface area contributed by atoms with Gasteiger partial charge in [0.2, 0.25) is 5.91 Å². The van der Waals surface area contributed by atoms with Gasteiger partial charge in [0.15, 0.2) is 5.65 Å². The number of hydrogen-bond donors (Lipinski definition) is 3. The number of hydrogen-bond acceptors (Lipinski definition) is 8. The van der Waals surface area contributed by atoms with Crippen LogP contribution in [0.2, 0.25) is 0 Å². The molecule has 38 heavy (non-hydrogen) atoms. The number of aromatic hydroxyl groups is 1. The third-order valence-corrected chi connectivity index (χ3v) is 6.57. The van der Waals surface area contributed by atoms with Crippen LogP contribution >= 0.6 is 0 Å². The number of nitrogens with one attached hydrogen (secondary N) is 2. The number of methoxy groups -OCH3 is 1. The molecule has 0 saturated carbocycles. The maximum atomic E-state index is 13.2. The topological polar surface area (TPSA) is 124 Å². The number of carbonyl (C=O) groups is 2. The number of carbonyl (C=O) groups excluding carboxylic acids is 2. The molecule has 2 aromatic carbocycles. The van der Waals surface area contributed by atoms with Crippen LogP contribution in [0.25, 0.3) is 5.65 Å². The van der Waals surface area contributed by atoms with Gasteiger partial charge in [0.05, 0.1) is 19.0 Å². The summed E-state index contributed by atoms with van der Waals surface area (Å²) < 4.78 is 6.85. The zero-order chi connectivity index (χ0) is 26.8. The average molecular weight is 516 g/mol. The Bertz CT molecular complexity index is 1480. The zero-order valence-electron chi connectivity index (χ0n) is 21.4.